The van der Waals surface area contributed by atoms with Crippen LogP contribution in [0.25, 0.3) is 21.8 Å². The topological polar surface area (TPSA) is 383 Å². The maximum atomic E-state index is 15.0. The fourth-order valence-corrected chi connectivity index (χ4v) is 9.06. The molecule has 5 aromatic rings. The van der Waals surface area contributed by atoms with Crippen LogP contribution >= 0.6 is 11.8 Å². The first-order valence-electron chi connectivity index (χ1n) is 25.2. The lowest BCUT2D eigenvalue weighted by Crippen LogP contribution is -2.61. The monoisotopic (exact) mass is 1060 g/mol. The van der Waals surface area contributed by atoms with Gasteiger partial charge in [0.2, 0.25) is 47.3 Å². The van der Waals surface area contributed by atoms with Gasteiger partial charge in [-0.3, -0.25) is 43.3 Å². The number of para-hydroxylation sites is 2. The summed E-state index contributed by atoms with van der Waals surface area (Å²) in [5.74, 6) is -5.62. The Morgan fingerprint density at radius 2 is 1.01 bits per heavy atom. The number of nitrogens with zero attached hydrogens (tertiary/aromatic N) is 1. The van der Waals surface area contributed by atoms with E-state index in [9.17, 15) is 38.4 Å². The Kier molecular flexibility index (Phi) is 22.7. The normalized spacial score (nSPS) is 14.0. The molecule has 7 atom stereocenters. The Morgan fingerprint density at radius 3 is 1.51 bits per heavy atom. The van der Waals surface area contributed by atoms with E-state index in [2.05, 4.69) is 46.9 Å². The quantitative estimate of drug-likeness (QED) is 0.0164. The second kappa shape index (κ2) is 29.2. The minimum atomic E-state index is -1.40. The van der Waals surface area contributed by atoms with Crippen LogP contribution in [0.2, 0.25) is 0 Å². The van der Waals surface area contributed by atoms with Gasteiger partial charge in [0.25, 0.3) is 0 Å². The number of benzene rings is 3. The number of guanidine groups is 1. The number of aromatic amines is 2. The van der Waals surface area contributed by atoms with Crippen LogP contribution in [0.4, 0.5) is 0 Å². The van der Waals surface area contributed by atoms with Crippen LogP contribution in [0.5, 0.6) is 0 Å². The van der Waals surface area contributed by atoms with Gasteiger partial charge in [-0.25, -0.2) is 0 Å². The minimum absolute atomic E-state index is 0.0567. The first kappa shape index (κ1) is 59.0. The second-order valence-corrected chi connectivity index (χ2v) is 20.0. The molecular weight excluding hydrogens is 993 g/mol. The van der Waals surface area contributed by atoms with Crippen LogP contribution < -0.4 is 60.6 Å². The highest BCUT2D eigenvalue weighted by molar-refractivity contribution is 7.98. The lowest BCUT2D eigenvalue weighted by atomic mass is 9.99. The summed E-state index contributed by atoms with van der Waals surface area (Å²) in [6.07, 6.45) is 5.43. The number of aliphatic imine (C=N–C) groups is 1. The van der Waals surface area contributed by atoms with E-state index in [1.54, 1.807) is 42.7 Å². The number of H-pyrrole nitrogens is 2. The van der Waals surface area contributed by atoms with Crippen molar-refractivity contribution < 1.29 is 38.4 Å². The highest BCUT2D eigenvalue weighted by atomic mass is 32.2. The molecule has 0 fully saturated rings. The predicted octanol–water partition coefficient (Wildman–Crippen LogP) is 0.517. The van der Waals surface area contributed by atoms with Crippen LogP contribution in [0.15, 0.2) is 96.2 Å². The van der Waals surface area contributed by atoms with Crippen molar-refractivity contribution in [1.29, 1.82) is 0 Å². The Bertz CT molecular complexity index is 2810. The van der Waals surface area contributed by atoms with Crippen LogP contribution in [0.3, 0.4) is 0 Å². The van der Waals surface area contributed by atoms with Gasteiger partial charge in [-0.1, -0.05) is 80.6 Å². The number of carbonyl (C=O) groups excluding carboxylic acids is 8. The molecule has 0 unspecified atom stereocenters. The zero-order valence-corrected chi connectivity index (χ0v) is 43.9. The molecule has 2 heterocycles. The van der Waals surface area contributed by atoms with Crippen molar-refractivity contribution in [2.24, 2.45) is 39.6 Å². The molecule has 408 valence electrons. The van der Waals surface area contributed by atoms with E-state index in [1.807, 2.05) is 68.6 Å². The molecule has 76 heavy (non-hydrogen) atoms. The van der Waals surface area contributed by atoms with Gasteiger partial charge in [-0.05, 0) is 78.9 Å². The number of rotatable bonds is 31. The Morgan fingerprint density at radius 1 is 0.553 bits per heavy atom. The van der Waals surface area contributed by atoms with Crippen molar-refractivity contribution in [3.8, 4) is 0 Å². The summed E-state index contributed by atoms with van der Waals surface area (Å²) in [4.78, 5) is 121. The molecule has 2 aromatic heterocycles. The average Bonchev–Trinajstić information content (AvgIpc) is 4.00. The van der Waals surface area contributed by atoms with E-state index in [4.69, 9.17) is 28.7 Å². The van der Waals surface area contributed by atoms with Gasteiger partial charge >= 0.3 is 0 Å². The number of primary amides is 2. The molecule has 0 bridgehead atoms. The van der Waals surface area contributed by atoms with E-state index < -0.39 is 89.6 Å². The maximum Gasteiger partial charge on any atom is 0.243 e. The summed E-state index contributed by atoms with van der Waals surface area (Å²) in [5.41, 5.74) is 31.6. The van der Waals surface area contributed by atoms with E-state index >= 15 is 0 Å². The number of nitrogens with one attached hydrogen (secondary N) is 8. The molecular formula is C53H72N14O8S. The van der Waals surface area contributed by atoms with Gasteiger partial charge in [0, 0.05) is 66.4 Å². The van der Waals surface area contributed by atoms with Crippen molar-refractivity contribution in [1.82, 2.24) is 41.9 Å². The number of carbonyl (C=O) groups is 8. The lowest BCUT2D eigenvalue weighted by Gasteiger charge is -2.28. The van der Waals surface area contributed by atoms with Crippen LogP contribution in [0.1, 0.15) is 69.1 Å². The molecule has 0 aliphatic heterocycles. The maximum absolute atomic E-state index is 15.0. The highest BCUT2D eigenvalue weighted by Gasteiger charge is 2.35. The van der Waals surface area contributed by atoms with Gasteiger partial charge in [-0.15, -0.1) is 0 Å². The van der Waals surface area contributed by atoms with E-state index in [0.29, 0.717) is 28.9 Å². The van der Waals surface area contributed by atoms with Crippen molar-refractivity contribution in [3.63, 3.8) is 0 Å². The van der Waals surface area contributed by atoms with Crippen LogP contribution in [0, 0.1) is 5.92 Å². The first-order chi connectivity index (χ1) is 36.3. The molecule has 0 spiro atoms. The minimum Gasteiger partial charge on any atom is -0.370 e. The molecule has 22 nitrogen and oxygen atoms in total. The molecule has 3 aromatic carbocycles. The molecule has 0 saturated heterocycles. The van der Waals surface area contributed by atoms with E-state index in [1.165, 1.54) is 11.8 Å². The lowest BCUT2D eigenvalue weighted by molar-refractivity contribution is -0.135. The van der Waals surface area contributed by atoms with Gasteiger partial charge in [-0.2, -0.15) is 11.8 Å². The summed E-state index contributed by atoms with van der Waals surface area (Å²) >= 11 is 1.48. The number of hydrogen-bond acceptors (Lipinski definition) is 11. The van der Waals surface area contributed by atoms with Crippen LogP contribution in [-0.2, 0) is 57.6 Å². The summed E-state index contributed by atoms with van der Waals surface area (Å²) in [6.45, 7) is 3.95. The number of hydrogen-bond donors (Lipinski definition) is 13. The molecule has 0 aliphatic carbocycles. The SMILES string of the molecule is CSCC[C@H](NC(=O)[C@H](CC(C)C)NC(=O)[C@@H](Cc1c[nH]c2ccccc12)NC(=O)[C@H](Cc1ccccc1)NC(=O)[C@@H](Cc1c[nH]c2ccccc12)NC(=O)[C@H](CCC(N)=O)NC(=O)[C@@H](N)CCCN=C(N)N)C(N)=O. The van der Waals surface area contributed by atoms with Crippen molar-refractivity contribution in [2.45, 2.75) is 114 Å². The van der Waals surface area contributed by atoms with Crippen molar-refractivity contribution in [2.75, 3.05) is 18.6 Å². The molecule has 5 rings (SSSR count). The predicted molar refractivity (Wildman–Crippen MR) is 294 cm³/mol. The summed E-state index contributed by atoms with van der Waals surface area (Å²) in [6, 6.07) is 14.9. The Hall–Kier alpha value is -7.92. The smallest absolute Gasteiger partial charge is 0.243 e. The fourth-order valence-electron chi connectivity index (χ4n) is 8.59. The third-order valence-corrected chi connectivity index (χ3v) is 13.3. The highest BCUT2D eigenvalue weighted by Crippen LogP contribution is 2.22. The first-order valence-corrected chi connectivity index (χ1v) is 26.6. The van der Waals surface area contributed by atoms with E-state index in [-0.39, 0.29) is 69.8 Å². The standard InChI is InChI=1S/C53H72N14O8S/c1-30(2)24-41(49(72)62-39(46(56)69)21-23-76-3)64-51(74)44(27-33-29-61-38-18-10-8-15-35(33)38)67-50(73)42(25-31-12-5-4-6-13-31)65-52(75)43(26-32-28-60-37-17-9-7-14-34(32)37)66-48(71)40(19-20-45(55)68)63-47(70)36(54)16-11-22-59-53(57)58/h4-10,12-15,17-18,28-30,36,39-44,60-61H,11,16,19-27,54H2,1-3H3,(H2,55,68)(H2,56,69)(H,62,72)(H,63,70)(H,64,74)(H,65,75)(H,66,71)(H,67,73)(H4,57,58,59)/t36-,39-,40-,41-,42-,43+,44+/m0/s1. The average molecular weight is 1070 g/mol. The van der Waals surface area contributed by atoms with Gasteiger partial charge in [0.1, 0.15) is 36.3 Å². The number of aromatic nitrogens is 2. The largest absolute Gasteiger partial charge is 0.370 e. The Labute approximate surface area is 445 Å². The zero-order valence-electron chi connectivity index (χ0n) is 43.1. The van der Waals surface area contributed by atoms with Gasteiger partial charge in [0.15, 0.2) is 5.96 Å². The number of thioether (sulfide) groups is 1. The summed E-state index contributed by atoms with van der Waals surface area (Å²) in [7, 11) is 0. The van der Waals surface area contributed by atoms with Crippen LogP contribution in [-0.4, -0.2) is 124 Å². The van der Waals surface area contributed by atoms with Crippen molar-refractivity contribution in [3.05, 3.63) is 108 Å². The second-order valence-electron chi connectivity index (χ2n) is 19.1. The molecule has 18 N–H and O–H groups in total. The Balaban J connectivity index is 1.48. The zero-order chi connectivity index (χ0) is 55.3. The van der Waals surface area contributed by atoms with Gasteiger partial charge in [0.05, 0.1) is 6.04 Å². The summed E-state index contributed by atoms with van der Waals surface area (Å²) < 4.78 is 0. The molecule has 0 radical (unpaired) electrons. The molecule has 23 heteroatoms. The van der Waals surface area contributed by atoms with Crippen molar-refractivity contribution >= 4 is 86.8 Å². The third kappa shape index (κ3) is 18.2. The van der Waals surface area contributed by atoms with E-state index in [0.717, 1.165) is 21.8 Å². The summed E-state index contributed by atoms with van der Waals surface area (Å²) in [5, 5.41) is 18.2. The molecule has 0 aliphatic rings. The number of amides is 8. The molecule has 0 saturated carbocycles. The fraction of sp³-hybridized carbons (Fsp3) is 0.415. The third-order valence-electron chi connectivity index (χ3n) is 12.6. The van der Waals surface area contributed by atoms with Gasteiger partial charge < -0.3 is 70.5 Å². The number of nitrogens with two attached hydrogens (primary N) is 5. The number of fused-ring (bicyclic) bond motifs is 2. The molecule has 8 amide bonds.